The van der Waals surface area contributed by atoms with Crippen LogP contribution in [-0.2, 0) is 16.6 Å². The van der Waals surface area contributed by atoms with Gasteiger partial charge < -0.3 is 5.32 Å². The number of pyridine rings is 1. The van der Waals surface area contributed by atoms with Gasteiger partial charge in [-0.05, 0) is 37.6 Å². The highest BCUT2D eigenvalue weighted by molar-refractivity contribution is 7.89. The van der Waals surface area contributed by atoms with Crippen LogP contribution in [0.2, 0.25) is 0 Å². The molecule has 1 N–H and O–H groups in total. The van der Waals surface area contributed by atoms with Gasteiger partial charge in [-0.2, -0.15) is 0 Å². The van der Waals surface area contributed by atoms with Gasteiger partial charge in [-0.25, -0.2) is 22.7 Å². The zero-order chi connectivity index (χ0) is 20.3. The number of hydrogen-bond acceptors (Lipinski definition) is 6. The molecule has 0 aliphatic rings. The van der Waals surface area contributed by atoms with Crippen LogP contribution in [0.3, 0.4) is 0 Å². The first kappa shape index (κ1) is 19.9. The number of nitrogens with zero attached hydrogens (tertiary/aromatic N) is 4. The zero-order valence-corrected chi connectivity index (χ0v) is 17.2. The Morgan fingerprint density at radius 1 is 1.00 bits per heavy atom. The summed E-state index contributed by atoms with van der Waals surface area (Å²) in [5.74, 6) is 1.19. The predicted octanol–water partition coefficient (Wildman–Crippen LogP) is 3.02. The van der Waals surface area contributed by atoms with Crippen LogP contribution >= 0.6 is 0 Å². The van der Waals surface area contributed by atoms with Gasteiger partial charge in [0, 0.05) is 38.1 Å². The van der Waals surface area contributed by atoms with E-state index in [-0.39, 0.29) is 4.90 Å². The van der Waals surface area contributed by atoms with Gasteiger partial charge in [-0.1, -0.05) is 24.3 Å². The second-order valence-electron chi connectivity index (χ2n) is 6.57. The number of anilines is 1. The number of hydrogen-bond donors (Lipinski definition) is 1. The van der Waals surface area contributed by atoms with Gasteiger partial charge >= 0.3 is 0 Å². The Morgan fingerprint density at radius 2 is 1.71 bits per heavy atom. The molecule has 3 aromatic rings. The summed E-state index contributed by atoms with van der Waals surface area (Å²) >= 11 is 0. The monoisotopic (exact) mass is 397 g/mol. The molecule has 3 rings (SSSR count). The van der Waals surface area contributed by atoms with Crippen molar-refractivity contribution in [2.24, 2.45) is 0 Å². The van der Waals surface area contributed by atoms with Gasteiger partial charge in [0.25, 0.3) is 0 Å². The Kier molecular flexibility index (Phi) is 5.71. The Hall–Kier alpha value is -2.84. The fourth-order valence-corrected chi connectivity index (χ4v) is 3.80. The quantitative estimate of drug-likeness (QED) is 0.688. The summed E-state index contributed by atoms with van der Waals surface area (Å²) < 4.78 is 26.4. The first-order valence-corrected chi connectivity index (χ1v) is 10.3. The van der Waals surface area contributed by atoms with Crippen LogP contribution in [0.15, 0.2) is 53.6 Å². The van der Waals surface area contributed by atoms with Crippen molar-refractivity contribution < 1.29 is 8.42 Å². The molecule has 0 aliphatic heterocycles. The Balaban J connectivity index is 1.94. The summed E-state index contributed by atoms with van der Waals surface area (Å²) in [6.45, 7) is 4.17. The third-order valence-electron chi connectivity index (χ3n) is 4.46. The highest BCUT2D eigenvalue weighted by Gasteiger charge is 2.21. The molecule has 146 valence electrons. The van der Waals surface area contributed by atoms with Crippen molar-refractivity contribution in [1.29, 1.82) is 0 Å². The largest absolute Gasteiger partial charge is 0.366 e. The number of rotatable bonds is 6. The molecule has 0 saturated carbocycles. The molecule has 0 saturated heterocycles. The second kappa shape index (κ2) is 8.04. The van der Waals surface area contributed by atoms with Gasteiger partial charge in [0.2, 0.25) is 10.0 Å². The van der Waals surface area contributed by atoms with E-state index in [1.807, 2.05) is 38.1 Å². The van der Waals surface area contributed by atoms with Crippen LogP contribution < -0.4 is 5.32 Å². The number of aryl methyl sites for hydroxylation is 1. The lowest BCUT2D eigenvalue weighted by molar-refractivity contribution is 0.520. The second-order valence-corrected chi connectivity index (χ2v) is 8.69. The SMILES string of the molecule is Cc1nc(-c2ccccn2)nc(NCc2ccccc2S(=O)(=O)N(C)C)c1C. The van der Waals surface area contributed by atoms with Crippen molar-refractivity contribution >= 4 is 15.8 Å². The third-order valence-corrected chi connectivity index (χ3v) is 6.38. The average Bonchev–Trinajstić information content (AvgIpc) is 2.69. The molecule has 0 fully saturated rings. The van der Waals surface area contributed by atoms with Crippen LogP contribution in [0, 0.1) is 13.8 Å². The van der Waals surface area contributed by atoms with E-state index in [2.05, 4.69) is 20.3 Å². The van der Waals surface area contributed by atoms with E-state index < -0.39 is 10.0 Å². The first-order valence-electron chi connectivity index (χ1n) is 8.81. The molecule has 0 aliphatic carbocycles. The Bertz CT molecular complexity index is 1080. The van der Waals surface area contributed by atoms with Gasteiger partial charge in [0.15, 0.2) is 5.82 Å². The van der Waals surface area contributed by atoms with Crippen molar-refractivity contribution in [2.75, 3.05) is 19.4 Å². The maximum atomic E-state index is 12.6. The summed E-state index contributed by atoms with van der Waals surface area (Å²) in [5.41, 5.74) is 3.11. The summed E-state index contributed by atoms with van der Waals surface area (Å²) in [5, 5.41) is 3.27. The Morgan fingerprint density at radius 3 is 2.39 bits per heavy atom. The Labute approximate surface area is 165 Å². The molecular weight excluding hydrogens is 374 g/mol. The topological polar surface area (TPSA) is 88.1 Å². The van der Waals surface area contributed by atoms with E-state index in [1.165, 1.54) is 18.4 Å². The molecule has 28 heavy (non-hydrogen) atoms. The van der Waals surface area contributed by atoms with Crippen LogP contribution in [0.4, 0.5) is 5.82 Å². The molecule has 0 bridgehead atoms. The van der Waals surface area contributed by atoms with Crippen LogP contribution in [-0.4, -0.2) is 41.8 Å². The van der Waals surface area contributed by atoms with Gasteiger partial charge in [0.1, 0.15) is 11.5 Å². The van der Waals surface area contributed by atoms with Crippen molar-refractivity contribution in [1.82, 2.24) is 19.3 Å². The first-order chi connectivity index (χ1) is 13.3. The smallest absolute Gasteiger partial charge is 0.242 e. The van der Waals surface area contributed by atoms with Crippen LogP contribution in [0.1, 0.15) is 16.8 Å². The van der Waals surface area contributed by atoms with Gasteiger partial charge in [-0.15, -0.1) is 0 Å². The molecule has 0 atom stereocenters. The van der Waals surface area contributed by atoms with Crippen LogP contribution in [0.25, 0.3) is 11.5 Å². The zero-order valence-electron chi connectivity index (χ0n) is 16.3. The van der Waals surface area contributed by atoms with Crippen molar-refractivity contribution in [3.8, 4) is 11.5 Å². The van der Waals surface area contributed by atoms with Crippen molar-refractivity contribution in [3.05, 3.63) is 65.5 Å². The fraction of sp³-hybridized carbons (Fsp3) is 0.250. The van der Waals surface area contributed by atoms with E-state index in [1.54, 1.807) is 24.4 Å². The number of nitrogens with one attached hydrogen (secondary N) is 1. The van der Waals surface area contributed by atoms with Crippen molar-refractivity contribution in [2.45, 2.75) is 25.3 Å². The lowest BCUT2D eigenvalue weighted by atomic mass is 10.2. The molecule has 1 aromatic carbocycles. The van der Waals surface area contributed by atoms with Gasteiger partial charge in [0.05, 0.1) is 4.90 Å². The maximum Gasteiger partial charge on any atom is 0.242 e. The minimum atomic E-state index is -3.53. The third kappa shape index (κ3) is 4.02. The molecule has 0 unspecified atom stereocenters. The summed E-state index contributed by atoms with van der Waals surface area (Å²) in [4.78, 5) is 13.7. The number of benzene rings is 1. The predicted molar refractivity (Wildman–Crippen MR) is 109 cm³/mol. The lowest BCUT2D eigenvalue weighted by Crippen LogP contribution is -2.24. The van der Waals surface area contributed by atoms with E-state index in [0.29, 0.717) is 29.4 Å². The van der Waals surface area contributed by atoms with E-state index in [0.717, 1.165) is 11.3 Å². The lowest BCUT2D eigenvalue weighted by Gasteiger charge is -2.17. The average molecular weight is 398 g/mol. The molecule has 7 nitrogen and oxygen atoms in total. The highest BCUT2D eigenvalue weighted by Crippen LogP contribution is 2.23. The van der Waals surface area contributed by atoms with E-state index in [9.17, 15) is 8.42 Å². The standard InChI is InChI=1S/C20H23N5O2S/c1-14-15(2)23-20(17-10-7-8-12-21-17)24-19(14)22-13-16-9-5-6-11-18(16)28(26,27)25(3)4/h5-12H,13H2,1-4H3,(H,22,23,24). The summed E-state index contributed by atoms with van der Waals surface area (Å²) in [6, 6.07) is 12.5. The highest BCUT2D eigenvalue weighted by atomic mass is 32.2. The molecule has 2 aromatic heterocycles. The molecule has 2 heterocycles. The molecule has 0 spiro atoms. The normalized spacial score (nSPS) is 11.6. The minimum Gasteiger partial charge on any atom is -0.366 e. The van der Waals surface area contributed by atoms with Gasteiger partial charge in [-0.3, -0.25) is 4.98 Å². The molecule has 8 heteroatoms. The van der Waals surface area contributed by atoms with Crippen LogP contribution in [0.5, 0.6) is 0 Å². The molecular formula is C20H23N5O2S. The molecule has 0 radical (unpaired) electrons. The summed E-state index contributed by atoms with van der Waals surface area (Å²) in [7, 11) is -0.482. The summed E-state index contributed by atoms with van der Waals surface area (Å²) in [6.07, 6.45) is 1.70. The van der Waals surface area contributed by atoms with E-state index >= 15 is 0 Å². The minimum absolute atomic E-state index is 0.279. The van der Waals surface area contributed by atoms with Crippen molar-refractivity contribution in [3.63, 3.8) is 0 Å². The number of aromatic nitrogens is 3. The fourth-order valence-electron chi connectivity index (χ4n) is 2.69. The number of sulfonamides is 1. The molecule has 0 amide bonds. The maximum absolute atomic E-state index is 12.6. The van der Waals surface area contributed by atoms with E-state index in [4.69, 9.17) is 0 Å².